The molecule has 3 N–H and O–H groups in total. The maximum atomic E-state index is 12.5. The molecule has 6 heteroatoms. The van der Waals surface area contributed by atoms with Gasteiger partial charge >= 0.3 is 0 Å². The summed E-state index contributed by atoms with van der Waals surface area (Å²) in [6, 6.07) is 18.0. The molecule has 0 bridgehead atoms. The first-order valence-electron chi connectivity index (χ1n) is 9.65. The summed E-state index contributed by atoms with van der Waals surface area (Å²) in [7, 11) is 0. The van der Waals surface area contributed by atoms with E-state index in [2.05, 4.69) is 0 Å². The summed E-state index contributed by atoms with van der Waals surface area (Å²) >= 11 is 0. The highest BCUT2D eigenvalue weighted by Gasteiger charge is 2.37. The van der Waals surface area contributed by atoms with Crippen molar-refractivity contribution >= 4 is 11.6 Å². The van der Waals surface area contributed by atoms with Gasteiger partial charge in [0, 0.05) is 12.8 Å². The van der Waals surface area contributed by atoms with Crippen LogP contribution in [-0.2, 0) is 27.2 Å². The Kier molecular flexibility index (Phi) is 8.67. The van der Waals surface area contributed by atoms with Crippen LogP contribution in [0.1, 0.15) is 25.0 Å². The Morgan fingerprint density at radius 1 is 0.759 bits per heavy atom. The van der Waals surface area contributed by atoms with Gasteiger partial charge in [0.15, 0.2) is 0 Å². The van der Waals surface area contributed by atoms with Gasteiger partial charge < -0.3 is 20.1 Å². The average molecular weight is 400 g/mol. The van der Waals surface area contributed by atoms with Crippen molar-refractivity contribution in [3.05, 3.63) is 71.8 Å². The molecule has 0 fully saturated rings. The van der Waals surface area contributed by atoms with Crippen LogP contribution >= 0.6 is 0 Å². The number of Topliss-reactive ketones (excluding diaryl/α,β-unsaturated/α-hetero) is 2. The van der Waals surface area contributed by atoms with Gasteiger partial charge in [-0.25, -0.2) is 0 Å². The number of carbonyl (C=O) groups is 2. The minimum absolute atomic E-state index is 0.00700. The molecule has 0 aliphatic rings. The van der Waals surface area contributed by atoms with E-state index in [0.29, 0.717) is 5.56 Å². The zero-order valence-corrected chi connectivity index (χ0v) is 16.6. The molecule has 0 saturated heterocycles. The van der Waals surface area contributed by atoms with Crippen molar-refractivity contribution in [3.8, 4) is 0 Å². The number of hydrogen-bond acceptors (Lipinski definition) is 6. The van der Waals surface area contributed by atoms with Gasteiger partial charge in [0.1, 0.15) is 12.2 Å². The summed E-state index contributed by atoms with van der Waals surface area (Å²) in [5.41, 5.74) is 1.55. The molecular formula is C23H28O6. The number of rotatable bonds is 11. The van der Waals surface area contributed by atoms with Gasteiger partial charge in [-0.05, 0) is 25.0 Å². The van der Waals surface area contributed by atoms with Gasteiger partial charge in [0.2, 0.25) is 11.6 Å². The predicted octanol–water partition coefficient (Wildman–Crippen LogP) is 1.49. The van der Waals surface area contributed by atoms with E-state index in [-0.39, 0.29) is 18.9 Å². The minimum atomic E-state index is -1.92. The number of aliphatic hydroxyl groups excluding tert-OH is 3. The van der Waals surface area contributed by atoms with Crippen LogP contribution in [0.2, 0.25) is 0 Å². The predicted molar refractivity (Wildman–Crippen MR) is 108 cm³/mol. The molecule has 2 rings (SSSR count). The lowest BCUT2D eigenvalue weighted by Gasteiger charge is -2.25. The smallest absolute Gasteiger partial charge is 0.232 e. The summed E-state index contributed by atoms with van der Waals surface area (Å²) in [5.74, 6) is -2.41. The van der Waals surface area contributed by atoms with Crippen LogP contribution in [-0.4, -0.2) is 57.4 Å². The SMILES string of the molecule is CC(C)OC(Cc1ccccc1)[C@H](O)C(=O)C(=O)[C@H](O)C(O)Cc1ccccc1. The van der Waals surface area contributed by atoms with E-state index in [0.717, 1.165) is 5.56 Å². The second-order valence-corrected chi connectivity index (χ2v) is 7.29. The monoisotopic (exact) mass is 400 g/mol. The Hall–Kier alpha value is -2.38. The molecule has 0 radical (unpaired) electrons. The van der Waals surface area contributed by atoms with Crippen LogP contribution in [0.5, 0.6) is 0 Å². The number of benzene rings is 2. The molecule has 2 aromatic rings. The molecule has 0 heterocycles. The quantitative estimate of drug-likeness (QED) is 0.494. The Labute approximate surface area is 170 Å². The molecule has 6 nitrogen and oxygen atoms in total. The van der Waals surface area contributed by atoms with Gasteiger partial charge in [0.25, 0.3) is 0 Å². The van der Waals surface area contributed by atoms with E-state index in [1.54, 1.807) is 44.2 Å². The van der Waals surface area contributed by atoms with Crippen molar-refractivity contribution in [2.24, 2.45) is 0 Å². The van der Waals surface area contributed by atoms with E-state index in [1.807, 2.05) is 30.3 Å². The molecule has 156 valence electrons. The fraction of sp³-hybridized carbons (Fsp3) is 0.391. The van der Waals surface area contributed by atoms with Gasteiger partial charge in [-0.2, -0.15) is 0 Å². The van der Waals surface area contributed by atoms with E-state index in [9.17, 15) is 24.9 Å². The zero-order valence-electron chi connectivity index (χ0n) is 16.6. The van der Waals surface area contributed by atoms with E-state index < -0.39 is 36.0 Å². The Morgan fingerprint density at radius 3 is 1.69 bits per heavy atom. The molecule has 0 aliphatic heterocycles. The number of hydrogen-bond donors (Lipinski definition) is 3. The van der Waals surface area contributed by atoms with Gasteiger partial charge in [0.05, 0.1) is 18.3 Å². The lowest BCUT2D eigenvalue weighted by atomic mass is 9.94. The third-order valence-corrected chi connectivity index (χ3v) is 4.51. The number of aliphatic hydroxyl groups is 3. The van der Waals surface area contributed by atoms with E-state index in [1.165, 1.54) is 0 Å². The van der Waals surface area contributed by atoms with Gasteiger partial charge in [-0.15, -0.1) is 0 Å². The number of ether oxygens (including phenoxy) is 1. The fourth-order valence-electron chi connectivity index (χ4n) is 3.03. The first-order chi connectivity index (χ1) is 13.8. The molecule has 0 saturated carbocycles. The minimum Gasteiger partial charge on any atom is -0.390 e. The third kappa shape index (κ3) is 6.87. The average Bonchev–Trinajstić information content (AvgIpc) is 2.72. The van der Waals surface area contributed by atoms with Crippen LogP contribution in [0.3, 0.4) is 0 Å². The molecule has 2 aromatic carbocycles. The van der Waals surface area contributed by atoms with Crippen LogP contribution in [0.15, 0.2) is 60.7 Å². The molecule has 0 spiro atoms. The molecular weight excluding hydrogens is 372 g/mol. The maximum Gasteiger partial charge on any atom is 0.232 e. The van der Waals surface area contributed by atoms with Crippen molar-refractivity contribution < 1.29 is 29.6 Å². The highest BCUT2D eigenvalue weighted by atomic mass is 16.5. The molecule has 0 aromatic heterocycles. The Balaban J connectivity index is 2.06. The lowest BCUT2D eigenvalue weighted by molar-refractivity contribution is -0.155. The highest BCUT2D eigenvalue weighted by Crippen LogP contribution is 2.15. The Morgan fingerprint density at radius 2 is 1.21 bits per heavy atom. The molecule has 0 amide bonds. The summed E-state index contributed by atoms with van der Waals surface area (Å²) in [4.78, 5) is 24.9. The first-order valence-corrected chi connectivity index (χ1v) is 9.65. The second kappa shape index (κ2) is 11.0. The van der Waals surface area contributed by atoms with E-state index in [4.69, 9.17) is 4.74 Å². The molecule has 29 heavy (non-hydrogen) atoms. The van der Waals surface area contributed by atoms with Gasteiger partial charge in [-0.1, -0.05) is 60.7 Å². The summed E-state index contributed by atoms with van der Waals surface area (Å²) in [6.45, 7) is 3.52. The zero-order chi connectivity index (χ0) is 21.4. The highest BCUT2D eigenvalue weighted by molar-refractivity contribution is 6.40. The van der Waals surface area contributed by atoms with E-state index >= 15 is 0 Å². The second-order valence-electron chi connectivity index (χ2n) is 7.29. The van der Waals surface area contributed by atoms with Crippen LogP contribution < -0.4 is 0 Å². The van der Waals surface area contributed by atoms with Crippen molar-refractivity contribution in [1.29, 1.82) is 0 Å². The number of carbonyl (C=O) groups excluding carboxylic acids is 2. The van der Waals surface area contributed by atoms with Crippen LogP contribution in [0, 0.1) is 0 Å². The van der Waals surface area contributed by atoms with Gasteiger partial charge in [-0.3, -0.25) is 9.59 Å². The topological polar surface area (TPSA) is 104 Å². The fourth-order valence-corrected chi connectivity index (χ4v) is 3.03. The lowest BCUT2D eigenvalue weighted by Crippen LogP contribution is -2.48. The summed E-state index contributed by atoms with van der Waals surface area (Å²) in [5, 5.41) is 30.8. The van der Waals surface area contributed by atoms with Crippen molar-refractivity contribution in [2.45, 2.75) is 57.2 Å². The van der Waals surface area contributed by atoms with Crippen LogP contribution in [0.25, 0.3) is 0 Å². The molecule has 2 unspecified atom stereocenters. The van der Waals surface area contributed by atoms with Crippen molar-refractivity contribution in [1.82, 2.24) is 0 Å². The first kappa shape index (κ1) is 22.9. The third-order valence-electron chi connectivity index (χ3n) is 4.51. The van der Waals surface area contributed by atoms with Crippen molar-refractivity contribution in [3.63, 3.8) is 0 Å². The number of ketones is 2. The van der Waals surface area contributed by atoms with Crippen LogP contribution in [0.4, 0.5) is 0 Å². The normalized spacial score (nSPS) is 15.5. The summed E-state index contributed by atoms with van der Waals surface area (Å²) < 4.78 is 5.66. The summed E-state index contributed by atoms with van der Waals surface area (Å²) in [6.07, 6.45) is -6.13. The molecule has 0 aliphatic carbocycles. The standard InChI is InChI=1S/C23H28O6/c1-15(2)29-19(14-17-11-7-4-8-12-17)21(26)23(28)22(27)20(25)18(24)13-16-9-5-3-6-10-16/h3-12,15,18-21,24-26H,13-14H2,1-2H3/t18?,19?,20-,21+/m1/s1. The molecule has 4 atom stereocenters. The largest absolute Gasteiger partial charge is 0.390 e. The van der Waals surface area contributed by atoms with Crippen molar-refractivity contribution in [2.75, 3.05) is 0 Å². The Bertz CT molecular complexity index is 774. The maximum absolute atomic E-state index is 12.5.